The van der Waals surface area contributed by atoms with Crippen molar-refractivity contribution in [3.63, 3.8) is 0 Å². The number of carbonyl (C=O) groups is 2. The summed E-state index contributed by atoms with van der Waals surface area (Å²) in [6.45, 7) is 2.12. The number of carbonyl (C=O) groups excluding carboxylic acids is 2. The zero-order valence-electron chi connectivity index (χ0n) is 15.1. The summed E-state index contributed by atoms with van der Waals surface area (Å²) in [6, 6.07) is 12.9. The van der Waals surface area contributed by atoms with Gasteiger partial charge in [0.2, 0.25) is 0 Å². The molecule has 0 spiro atoms. The molecule has 1 atom stereocenters. The molecule has 2 aromatic carbocycles. The van der Waals surface area contributed by atoms with Crippen LogP contribution in [0, 0.1) is 5.82 Å². The van der Waals surface area contributed by atoms with E-state index in [0.717, 1.165) is 5.56 Å². The molecule has 6 heteroatoms. The van der Waals surface area contributed by atoms with Gasteiger partial charge in [-0.3, -0.25) is 4.79 Å². The van der Waals surface area contributed by atoms with Crippen molar-refractivity contribution in [3.8, 4) is 0 Å². The monoisotopic (exact) mass is 359 g/mol. The minimum absolute atomic E-state index is 0.224. The van der Waals surface area contributed by atoms with E-state index in [9.17, 15) is 14.0 Å². The molecule has 0 aromatic heterocycles. The number of nitrogens with zero attached hydrogens (tertiary/aromatic N) is 1. The maximum Gasteiger partial charge on any atom is 0.338 e. The van der Waals surface area contributed by atoms with Gasteiger partial charge in [-0.2, -0.15) is 0 Å². The van der Waals surface area contributed by atoms with Crippen LogP contribution in [0.4, 0.5) is 4.39 Å². The maximum absolute atomic E-state index is 13.2. The Morgan fingerprint density at radius 2 is 1.81 bits per heavy atom. The molecule has 2 aromatic rings. The Morgan fingerprint density at radius 1 is 1.12 bits per heavy atom. The van der Waals surface area contributed by atoms with Crippen molar-refractivity contribution >= 4 is 11.9 Å². The standard InChI is InChI=1S/C20H22FNO4/c1-14(19(23)22(2)12-15-6-5-9-18(21)11-15)26-20(24)17-8-4-7-16(10-17)13-25-3/h4-11,14H,12-13H2,1-3H3. The molecule has 0 bridgehead atoms. The van der Waals surface area contributed by atoms with Crippen LogP contribution >= 0.6 is 0 Å². The number of amides is 1. The van der Waals surface area contributed by atoms with Crippen LogP contribution in [0.3, 0.4) is 0 Å². The predicted molar refractivity (Wildman–Crippen MR) is 94.9 cm³/mol. The minimum Gasteiger partial charge on any atom is -0.449 e. The summed E-state index contributed by atoms with van der Waals surface area (Å²) < 4.78 is 23.6. The Hall–Kier alpha value is -2.73. The summed E-state index contributed by atoms with van der Waals surface area (Å²) >= 11 is 0. The van der Waals surface area contributed by atoms with E-state index in [0.29, 0.717) is 17.7 Å². The third kappa shape index (κ3) is 5.39. The van der Waals surface area contributed by atoms with E-state index in [1.54, 1.807) is 44.5 Å². The first kappa shape index (κ1) is 19.6. The molecule has 0 aliphatic heterocycles. The highest BCUT2D eigenvalue weighted by Crippen LogP contribution is 2.12. The molecule has 5 nitrogen and oxygen atoms in total. The number of hydrogen-bond donors (Lipinski definition) is 0. The minimum atomic E-state index is -0.952. The largest absolute Gasteiger partial charge is 0.449 e. The molecular formula is C20H22FNO4. The van der Waals surface area contributed by atoms with E-state index in [1.165, 1.54) is 24.0 Å². The Labute approximate surface area is 152 Å². The average molecular weight is 359 g/mol. The van der Waals surface area contributed by atoms with Crippen LogP contribution in [-0.2, 0) is 27.4 Å². The lowest BCUT2D eigenvalue weighted by Crippen LogP contribution is -2.37. The first-order valence-electron chi connectivity index (χ1n) is 8.19. The molecule has 0 N–H and O–H groups in total. The van der Waals surface area contributed by atoms with Crippen LogP contribution in [0.2, 0.25) is 0 Å². The highest BCUT2D eigenvalue weighted by molar-refractivity contribution is 5.92. The van der Waals surface area contributed by atoms with Crippen molar-refractivity contribution in [1.82, 2.24) is 4.90 Å². The van der Waals surface area contributed by atoms with Crippen molar-refractivity contribution in [2.45, 2.75) is 26.2 Å². The molecule has 0 aliphatic rings. The van der Waals surface area contributed by atoms with Gasteiger partial charge in [-0.05, 0) is 42.3 Å². The van der Waals surface area contributed by atoms with E-state index in [4.69, 9.17) is 9.47 Å². The molecule has 2 rings (SSSR count). The molecule has 0 radical (unpaired) electrons. The Balaban J connectivity index is 1.97. The predicted octanol–water partition coefficient (Wildman–Crippen LogP) is 3.18. The Kier molecular flexibility index (Phi) is 6.86. The first-order chi connectivity index (χ1) is 12.4. The van der Waals surface area contributed by atoms with E-state index in [2.05, 4.69) is 0 Å². The molecule has 0 aliphatic carbocycles. The molecular weight excluding hydrogens is 337 g/mol. The number of esters is 1. The molecule has 138 valence electrons. The van der Waals surface area contributed by atoms with Crippen molar-refractivity contribution in [1.29, 1.82) is 0 Å². The lowest BCUT2D eigenvalue weighted by molar-refractivity contribution is -0.139. The van der Waals surface area contributed by atoms with Crippen molar-refractivity contribution in [3.05, 3.63) is 71.0 Å². The van der Waals surface area contributed by atoms with Gasteiger partial charge in [-0.15, -0.1) is 0 Å². The number of halogens is 1. The van der Waals surface area contributed by atoms with Gasteiger partial charge in [-0.25, -0.2) is 9.18 Å². The molecule has 0 saturated heterocycles. The Morgan fingerprint density at radius 3 is 2.50 bits per heavy atom. The number of benzene rings is 2. The molecule has 26 heavy (non-hydrogen) atoms. The van der Waals surface area contributed by atoms with Gasteiger partial charge in [-0.1, -0.05) is 24.3 Å². The van der Waals surface area contributed by atoms with E-state index < -0.39 is 12.1 Å². The summed E-state index contributed by atoms with van der Waals surface area (Å²) in [5.74, 6) is -1.31. The third-order valence-electron chi connectivity index (χ3n) is 3.79. The normalized spacial score (nSPS) is 11.7. The van der Waals surface area contributed by atoms with E-state index in [-0.39, 0.29) is 18.3 Å². The average Bonchev–Trinajstić information content (AvgIpc) is 2.61. The summed E-state index contributed by atoms with van der Waals surface area (Å²) in [6.07, 6.45) is -0.952. The second kappa shape index (κ2) is 9.10. The number of methoxy groups -OCH3 is 1. The number of rotatable bonds is 7. The smallest absolute Gasteiger partial charge is 0.338 e. The highest BCUT2D eigenvalue weighted by Gasteiger charge is 2.22. The van der Waals surface area contributed by atoms with Gasteiger partial charge in [0.25, 0.3) is 5.91 Å². The Bertz CT molecular complexity index is 778. The summed E-state index contributed by atoms with van der Waals surface area (Å²) in [7, 11) is 3.15. The van der Waals surface area contributed by atoms with Gasteiger partial charge < -0.3 is 14.4 Å². The van der Waals surface area contributed by atoms with Crippen LogP contribution in [0.25, 0.3) is 0 Å². The van der Waals surface area contributed by atoms with Gasteiger partial charge in [0.1, 0.15) is 5.82 Å². The fourth-order valence-corrected chi connectivity index (χ4v) is 2.53. The number of likely N-dealkylation sites (N-methyl/N-ethyl adjacent to an activating group) is 1. The quantitative estimate of drug-likeness (QED) is 0.713. The van der Waals surface area contributed by atoms with Crippen molar-refractivity contribution in [2.75, 3.05) is 14.2 Å². The second-order valence-electron chi connectivity index (χ2n) is 6.01. The van der Waals surface area contributed by atoms with Crippen molar-refractivity contribution < 1.29 is 23.5 Å². The van der Waals surface area contributed by atoms with Gasteiger partial charge >= 0.3 is 5.97 Å². The third-order valence-corrected chi connectivity index (χ3v) is 3.79. The van der Waals surface area contributed by atoms with Crippen LogP contribution < -0.4 is 0 Å². The van der Waals surface area contributed by atoms with Crippen LogP contribution in [-0.4, -0.2) is 37.0 Å². The van der Waals surface area contributed by atoms with Gasteiger partial charge in [0.05, 0.1) is 12.2 Å². The van der Waals surface area contributed by atoms with E-state index in [1.807, 2.05) is 6.07 Å². The van der Waals surface area contributed by atoms with Crippen molar-refractivity contribution in [2.24, 2.45) is 0 Å². The summed E-state index contributed by atoms with van der Waals surface area (Å²) in [5, 5.41) is 0. The fourth-order valence-electron chi connectivity index (χ4n) is 2.53. The number of ether oxygens (including phenoxy) is 2. The van der Waals surface area contributed by atoms with E-state index >= 15 is 0 Å². The fraction of sp³-hybridized carbons (Fsp3) is 0.300. The molecule has 0 saturated carbocycles. The lowest BCUT2D eigenvalue weighted by Gasteiger charge is -2.21. The van der Waals surface area contributed by atoms with Crippen LogP contribution in [0.5, 0.6) is 0 Å². The molecule has 1 unspecified atom stereocenters. The summed E-state index contributed by atoms with van der Waals surface area (Å²) in [5.41, 5.74) is 1.85. The zero-order valence-corrected chi connectivity index (χ0v) is 15.1. The number of hydrogen-bond acceptors (Lipinski definition) is 4. The first-order valence-corrected chi connectivity index (χ1v) is 8.19. The van der Waals surface area contributed by atoms with Crippen LogP contribution in [0.1, 0.15) is 28.4 Å². The molecule has 0 heterocycles. The SMILES string of the molecule is COCc1cccc(C(=O)OC(C)C(=O)N(C)Cc2cccc(F)c2)c1. The highest BCUT2D eigenvalue weighted by atomic mass is 19.1. The lowest BCUT2D eigenvalue weighted by atomic mass is 10.1. The van der Waals surface area contributed by atoms with Crippen LogP contribution in [0.15, 0.2) is 48.5 Å². The summed E-state index contributed by atoms with van der Waals surface area (Å²) in [4.78, 5) is 26.1. The topological polar surface area (TPSA) is 55.8 Å². The zero-order chi connectivity index (χ0) is 19.1. The second-order valence-corrected chi connectivity index (χ2v) is 6.01. The molecule has 1 amide bonds. The molecule has 0 fully saturated rings. The van der Waals surface area contributed by atoms with Gasteiger partial charge in [0.15, 0.2) is 6.10 Å². The maximum atomic E-state index is 13.2. The van der Waals surface area contributed by atoms with Gasteiger partial charge in [0, 0.05) is 20.7 Å².